The van der Waals surface area contributed by atoms with Gasteiger partial charge in [-0.15, -0.1) is 0 Å². The SMILES string of the molecule is C=C/C(C)=C\C=C/CC(/C=N\CC(=C)NCC)=C/C(=C)C. The number of aliphatic imine (C=N–C) groups is 1. The summed E-state index contributed by atoms with van der Waals surface area (Å²) in [5, 5.41) is 3.15. The summed E-state index contributed by atoms with van der Waals surface area (Å²) in [6, 6.07) is 0. The summed E-state index contributed by atoms with van der Waals surface area (Å²) >= 11 is 0. The first-order valence-electron chi connectivity index (χ1n) is 7.23. The van der Waals surface area contributed by atoms with Crippen molar-refractivity contribution < 1.29 is 0 Å². The Balaban J connectivity index is 4.61. The predicted molar refractivity (Wildman–Crippen MR) is 96.8 cm³/mol. The second-order valence-electron chi connectivity index (χ2n) is 4.92. The van der Waals surface area contributed by atoms with Crippen molar-refractivity contribution >= 4 is 6.21 Å². The molecule has 0 amide bonds. The van der Waals surface area contributed by atoms with Crippen molar-refractivity contribution in [1.29, 1.82) is 0 Å². The quantitative estimate of drug-likeness (QED) is 0.454. The van der Waals surface area contributed by atoms with Gasteiger partial charge in [0.1, 0.15) is 0 Å². The Morgan fingerprint density at radius 3 is 2.52 bits per heavy atom. The van der Waals surface area contributed by atoms with Crippen LogP contribution >= 0.6 is 0 Å². The van der Waals surface area contributed by atoms with Gasteiger partial charge in [0.05, 0.1) is 6.54 Å². The smallest absolute Gasteiger partial charge is 0.0780 e. The highest BCUT2D eigenvalue weighted by atomic mass is 14.9. The molecule has 2 heteroatoms. The summed E-state index contributed by atoms with van der Waals surface area (Å²) in [7, 11) is 0. The van der Waals surface area contributed by atoms with Gasteiger partial charge in [0.2, 0.25) is 0 Å². The Morgan fingerprint density at radius 2 is 1.95 bits per heavy atom. The molecule has 0 rings (SSSR count). The molecule has 0 aliphatic heterocycles. The number of allylic oxidation sites excluding steroid dienone is 8. The first kappa shape index (κ1) is 18.9. The molecule has 0 radical (unpaired) electrons. The van der Waals surface area contributed by atoms with Gasteiger partial charge in [-0.2, -0.15) is 0 Å². The largest absolute Gasteiger partial charge is 0.388 e. The van der Waals surface area contributed by atoms with Gasteiger partial charge in [0.15, 0.2) is 0 Å². The monoisotopic (exact) mass is 284 g/mol. The van der Waals surface area contributed by atoms with Crippen LogP contribution in [-0.2, 0) is 0 Å². The predicted octanol–water partition coefficient (Wildman–Crippen LogP) is 4.76. The molecule has 0 unspecified atom stereocenters. The molecule has 0 heterocycles. The zero-order valence-electron chi connectivity index (χ0n) is 13.7. The molecule has 0 aliphatic rings. The van der Waals surface area contributed by atoms with Gasteiger partial charge >= 0.3 is 0 Å². The summed E-state index contributed by atoms with van der Waals surface area (Å²) in [4.78, 5) is 4.41. The van der Waals surface area contributed by atoms with Crippen LogP contribution in [0, 0.1) is 0 Å². The minimum absolute atomic E-state index is 0.598. The van der Waals surface area contributed by atoms with Crippen LogP contribution in [0.3, 0.4) is 0 Å². The molecule has 0 atom stereocenters. The maximum Gasteiger partial charge on any atom is 0.0780 e. The summed E-state index contributed by atoms with van der Waals surface area (Å²) < 4.78 is 0. The average Bonchev–Trinajstić information content (AvgIpc) is 2.42. The van der Waals surface area contributed by atoms with Gasteiger partial charge in [-0.05, 0) is 32.8 Å². The third-order valence-electron chi connectivity index (χ3n) is 2.57. The van der Waals surface area contributed by atoms with Crippen LogP contribution in [0.4, 0.5) is 0 Å². The Hall–Kier alpha value is -2.09. The van der Waals surface area contributed by atoms with Gasteiger partial charge in [-0.25, -0.2) is 0 Å². The number of nitrogens with one attached hydrogen (secondary N) is 1. The zero-order chi connectivity index (χ0) is 16.1. The van der Waals surface area contributed by atoms with Crippen LogP contribution in [0.1, 0.15) is 27.2 Å². The number of likely N-dealkylation sites (N-methyl/N-ethyl adjacent to an activating group) is 1. The van der Waals surface area contributed by atoms with Crippen LogP contribution in [0.2, 0.25) is 0 Å². The van der Waals surface area contributed by atoms with E-state index < -0.39 is 0 Å². The van der Waals surface area contributed by atoms with Gasteiger partial charge in [-0.3, -0.25) is 4.99 Å². The van der Waals surface area contributed by atoms with Crippen molar-refractivity contribution in [2.75, 3.05) is 13.1 Å². The lowest BCUT2D eigenvalue weighted by molar-refractivity contribution is 0.829. The fourth-order valence-electron chi connectivity index (χ4n) is 1.54. The van der Waals surface area contributed by atoms with Crippen molar-refractivity contribution in [3.8, 4) is 0 Å². The Kier molecular flexibility index (Phi) is 10.5. The van der Waals surface area contributed by atoms with Crippen LogP contribution < -0.4 is 5.32 Å². The molecule has 0 aromatic rings. The van der Waals surface area contributed by atoms with E-state index in [1.165, 1.54) is 0 Å². The molecule has 0 fully saturated rings. The third kappa shape index (κ3) is 11.4. The van der Waals surface area contributed by atoms with E-state index >= 15 is 0 Å². The summed E-state index contributed by atoms with van der Waals surface area (Å²) in [5.74, 6) is 0. The van der Waals surface area contributed by atoms with Gasteiger partial charge < -0.3 is 5.32 Å². The number of hydrogen-bond acceptors (Lipinski definition) is 2. The highest BCUT2D eigenvalue weighted by Gasteiger charge is 1.92. The molecule has 0 aromatic carbocycles. The van der Waals surface area contributed by atoms with Gasteiger partial charge in [-0.1, -0.05) is 61.3 Å². The van der Waals surface area contributed by atoms with Crippen molar-refractivity contribution in [2.24, 2.45) is 4.99 Å². The molecule has 2 nitrogen and oxygen atoms in total. The molecular weight excluding hydrogens is 256 g/mol. The molecule has 0 aromatic heterocycles. The van der Waals surface area contributed by atoms with Crippen LogP contribution in [-0.4, -0.2) is 19.3 Å². The fraction of sp³-hybridized carbons (Fsp3) is 0.316. The van der Waals surface area contributed by atoms with E-state index in [1.54, 1.807) is 0 Å². The van der Waals surface area contributed by atoms with E-state index in [1.807, 2.05) is 51.3 Å². The summed E-state index contributed by atoms with van der Waals surface area (Å²) in [6.07, 6.45) is 12.8. The molecule has 0 saturated carbocycles. The van der Waals surface area contributed by atoms with Gasteiger partial charge in [0, 0.05) is 18.5 Å². The van der Waals surface area contributed by atoms with Crippen molar-refractivity contribution in [1.82, 2.24) is 5.32 Å². The second kappa shape index (κ2) is 11.7. The van der Waals surface area contributed by atoms with E-state index in [9.17, 15) is 0 Å². The molecule has 114 valence electrons. The molecule has 1 N–H and O–H groups in total. The summed E-state index contributed by atoms with van der Waals surface area (Å²) in [6.45, 7) is 19.1. The maximum atomic E-state index is 4.41. The van der Waals surface area contributed by atoms with Crippen molar-refractivity contribution in [3.05, 3.63) is 72.5 Å². The minimum Gasteiger partial charge on any atom is -0.388 e. The molecule has 21 heavy (non-hydrogen) atoms. The standard InChI is InChI=1S/C19H28N2/c1-7-17(5)11-9-10-12-19(13-16(3)4)15-20-14-18(6)21-8-2/h7,9-11,13,15,21H,1,3,6,8,12,14H2,2,4-5H3/b10-9-,17-11-,19-13-,20-15-. The summed E-state index contributed by atoms with van der Waals surface area (Å²) in [5.41, 5.74) is 4.23. The first-order chi connectivity index (χ1) is 9.99. The maximum absolute atomic E-state index is 4.41. The Labute approximate surface area is 130 Å². The van der Waals surface area contributed by atoms with Crippen molar-refractivity contribution in [2.45, 2.75) is 27.2 Å². The Morgan fingerprint density at radius 1 is 1.24 bits per heavy atom. The van der Waals surface area contributed by atoms with Crippen LogP contribution in [0.5, 0.6) is 0 Å². The van der Waals surface area contributed by atoms with Crippen LogP contribution in [0.15, 0.2) is 77.5 Å². The lowest BCUT2D eigenvalue weighted by Crippen LogP contribution is -2.13. The van der Waals surface area contributed by atoms with E-state index in [0.29, 0.717) is 6.54 Å². The topological polar surface area (TPSA) is 24.4 Å². The molecule has 0 bridgehead atoms. The number of rotatable bonds is 10. The zero-order valence-corrected chi connectivity index (χ0v) is 13.7. The second-order valence-corrected chi connectivity index (χ2v) is 4.92. The van der Waals surface area contributed by atoms with Gasteiger partial charge in [0.25, 0.3) is 0 Å². The van der Waals surface area contributed by atoms with E-state index in [2.05, 4.69) is 36.1 Å². The Bertz CT molecular complexity index is 474. The van der Waals surface area contributed by atoms with E-state index in [0.717, 1.165) is 35.4 Å². The average molecular weight is 284 g/mol. The first-order valence-corrected chi connectivity index (χ1v) is 7.23. The highest BCUT2D eigenvalue weighted by molar-refractivity contribution is 5.79. The molecule has 0 saturated heterocycles. The lowest BCUT2D eigenvalue weighted by Gasteiger charge is -2.03. The molecule has 0 aliphatic carbocycles. The third-order valence-corrected chi connectivity index (χ3v) is 2.57. The number of hydrogen-bond donors (Lipinski definition) is 1. The van der Waals surface area contributed by atoms with Crippen molar-refractivity contribution in [3.63, 3.8) is 0 Å². The van der Waals surface area contributed by atoms with E-state index in [4.69, 9.17) is 0 Å². The fourth-order valence-corrected chi connectivity index (χ4v) is 1.54. The molecule has 0 spiro atoms. The van der Waals surface area contributed by atoms with E-state index in [-0.39, 0.29) is 0 Å². The van der Waals surface area contributed by atoms with Crippen LogP contribution in [0.25, 0.3) is 0 Å². The minimum atomic E-state index is 0.598. The highest BCUT2D eigenvalue weighted by Crippen LogP contribution is 2.05. The number of nitrogens with zero attached hydrogens (tertiary/aromatic N) is 1. The lowest BCUT2D eigenvalue weighted by atomic mass is 10.1. The normalized spacial score (nSPS) is 12.9. The molecular formula is C19H28N2.